The van der Waals surface area contributed by atoms with E-state index in [1.54, 1.807) is 6.07 Å². The Balaban J connectivity index is 1.75. The van der Waals surface area contributed by atoms with Crippen LogP contribution in [0.15, 0.2) is 16.6 Å². The lowest BCUT2D eigenvalue weighted by molar-refractivity contribution is 0.417. The molecule has 5 heteroatoms. The van der Waals surface area contributed by atoms with Gasteiger partial charge in [-0.05, 0) is 47.7 Å². The Hall–Kier alpha value is -0.680. The highest BCUT2D eigenvalue weighted by Gasteiger charge is 2.28. The van der Waals surface area contributed by atoms with Gasteiger partial charge in [-0.3, -0.25) is 0 Å². The Labute approximate surface area is 120 Å². The first-order chi connectivity index (χ1) is 9.13. The van der Waals surface area contributed by atoms with Crippen molar-refractivity contribution in [2.75, 3.05) is 18.0 Å². The summed E-state index contributed by atoms with van der Waals surface area (Å²) in [6.45, 7) is 1.63. The number of halogens is 3. The minimum atomic E-state index is -0.550. The van der Waals surface area contributed by atoms with Crippen molar-refractivity contribution in [2.45, 2.75) is 37.8 Å². The molecule has 0 amide bonds. The highest BCUT2D eigenvalue weighted by molar-refractivity contribution is 9.10. The molecule has 0 radical (unpaired) electrons. The van der Waals surface area contributed by atoms with Crippen molar-refractivity contribution in [3.8, 4) is 0 Å². The first kappa shape index (κ1) is 13.3. The predicted octanol–water partition coefficient (Wildman–Crippen LogP) is 3.45. The molecule has 1 unspecified atom stereocenters. The van der Waals surface area contributed by atoms with Crippen LogP contribution < -0.4 is 10.2 Å². The Morgan fingerprint density at radius 2 is 1.89 bits per heavy atom. The number of anilines is 1. The molecule has 0 spiro atoms. The smallest absolute Gasteiger partial charge is 0.149 e. The third kappa shape index (κ3) is 3.08. The normalized spacial score (nSPS) is 23.7. The van der Waals surface area contributed by atoms with E-state index >= 15 is 0 Å². The maximum absolute atomic E-state index is 13.9. The second kappa shape index (κ2) is 5.37. The molecule has 1 N–H and O–H groups in total. The van der Waals surface area contributed by atoms with E-state index in [0.29, 0.717) is 22.2 Å². The lowest BCUT2D eigenvalue weighted by Crippen LogP contribution is -2.46. The number of nitrogens with one attached hydrogen (secondary N) is 1. The highest BCUT2D eigenvalue weighted by Crippen LogP contribution is 2.29. The van der Waals surface area contributed by atoms with E-state index in [2.05, 4.69) is 21.2 Å². The van der Waals surface area contributed by atoms with Crippen LogP contribution in [0.2, 0.25) is 0 Å². The van der Waals surface area contributed by atoms with Crippen LogP contribution in [-0.2, 0) is 0 Å². The van der Waals surface area contributed by atoms with Crippen molar-refractivity contribution in [2.24, 2.45) is 0 Å². The average molecular weight is 331 g/mol. The van der Waals surface area contributed by atoms with Crippen LogP contribution in [0.5, 0.6) is 0 Å². The summed E-state index contributed by atoms with van der Waals surface area (Å²) < 4.78 is 27.5. The van der Waals surface area contributed by atoms with Gasteiger partial charge in [0, 0.05) is 31.2 Å². The molecule has 1 aliphatic heterocycles. The van der Waals surface area contributed by atoms with Gasteiger partial charge in [0.1, 0.15) is 11.6 Å². The fourth-order valence-electron chi connectivity index (χ4n) is 2.67. The number of nitrogens with zero attached hydrogens (tertiary/aromatic N) is 1. The summed E-state index contributed by atoms with van der Waals surface area (Å²) in [6, 6.07) is 3.58. The zero-order valence-electron chi connectivity index (χ0n) is 10.6. The van der Waals surface area contributed by atoms with Gasteiger partial charge in [0.15, 0.2) is 0 Å². The molecule has 1 aliphatic carbocycles. The van der Waals surface area contributed by atoms with Crippen molar-refractivity contribution in [3.05, 3.63) is 28.2 Å². The van der Waals surface area contributed by atoms with E-state index in [4.69, 9.17) is 0 Å². The van der Waals surface area contributed by atoms with Crippen molar-refractivity contribution >= 4 is 21.6 Å². The SMILES string of the molecule is Fc1cc(F)c(N2CCCC(NC3CC3)C2)cc1Br. The van der Waals surface area contributed by atoms with Gasteiger partial charge in [-0.1, -0.05) is 0 Å². The molecule has 0 aromatic heterocycles. The number of benzene rings is 1. The zero-order chi connectivity index (χ0) is 13.4. The van der Waals surface area contributed by atoms with Gasteiger partial charge < -0.3 is 10.2 Å². The summed E-state index contributed by atoms with van der Waals surface area (Å²) in [5, 5.41) is 3.59. The molecule has 0 bridgehead atoms. The van der Waals surface area contributed by atoms with E-state index in [-0.39, 0.29) is 0 Å². The average Bonchev–Trinajstić information content (AvgIpc) is 3.18. The number of hydrogen-bond donors (Lipinski definition) is 1. The molecule has 19 heavy (non-hydrogen) atoms. The maximum atomic E-state index is 13.9. The molecule has 1 atom stereocenters. The lowest BCUT2D eigenvalue weighted by Gasteiger charge is -2.35. The van der Waals surface area contributed by atoms with E-state index < -0.39 is 11.6 Å². The molecule has 2 aliphatic rings. The Morgan fingerprint density at radius 3 is 2.63 bits per heavy atom. The van der Waals surface area contributed by atoms with Crippen LogP contribution >= 0.6 is 15.9 Å². The Bertz CT molecular complexity index is 477. The van der Waals surface area contributed by atoms with Gasteiger partial charge in [-0.15, -0.1) is 0 Å². The zero-order valence-corrected chi connectivity index (χ0v) is 12.2. The van der Waals surface area contributed by atoms with Gasteiger partial charge in [0.05, 0.1) is 10.2 Å². The van der Waals surface area contributed by atoms with Crippen LogP contribution in [-0.4, -0.2) is 25.2 Å². The molecular formula is C14H17BrF2N2. The van der Waals surface area contributed by atoms with E-state index in [9.17, 15) is 8.78 Å². The van der Waals surface area contributed by atoms with E-state index in [0.717, 1.165) is 32.0 Å². The largest absolute Gasteiger partial charge is 0.368 e. The van der Waals surface area contributed by atoms with Gasteiger partial charge in [-0.25, -0.2) is 8.78 Å². The van der Waals surface area contributed by atoms with Gasteiger partial charge in [0.2, 0.25) is 0 Å². The van der Waals surface area contributed by atoms with Crippen LogP contribution in [0.25, 0.3) is 0 Å². The van der Waals surface area contributed by atoms with E-state index in [1.807, 2.05) is 4.90 Å². The third-order valence-electron chi connectivity index (χ3n) is 3.80. The topological polar surface area (TPSA) is 15.3 Å². The summed E-state index contributed by atoms with van der Waals surface area (Å²) in [7, 11) is 0. The quantitative estimate of drug-likeness (QED) is 0.854. The summed E-state index contributed by atoms with van der Waals surface area (Å²) in [5.74, 6) is -1.03. The summed E-state index contributed by atoms with van der Waals surface area (Å²) in [5.41, 5.74) is 0.496. The van der Waals surface area contributed by atoms with Crippen molar-refractivity contribution in [1.82, 2.24) is 5.32 Å². The van der Waals surface area contributed by atoms with Crippen LogP contribution in [0, 0.1) is 11.6 Å². The number of hydrogen-bond acceptors (Lipinski definition) is 2. The molecular weight excluding hydrogens is 314 g/mol. The number of rotatable bonds is 3. The van der Waals surface area contributed by atoms with Gasteiger partial charge in [-0.2, -0.15) is 0 Å². The third-order valence-corrected chi connectivity index (χ3v) is 4.41. The minimum absolute atomic E-state index is 0.321. The monoisotopic (exact) mass is 330 g/mol. The van der Waals surface area contributed by atoms with E-state index in [1.165, 1.54) is 12.8 Å². The molecule has 2 nitrogen and oxygen atoms in total. The summed E-state index contributed by atoms with van der Waals surface area (Å²) in [6.07, 6.45) is 4.69. The van der Waals surface area contributed by atoms with Gasteiger partial charge >= 0.3 is 0 Å². The maximum Gasteiger partial charge on any atom is 0.149 e. The van der Waals surface area contributed by atoms with Crippen molar-refractivity contribution in [3.63, 3.8) is 0 Å². The molecule has 104 valence electrons. The second-order valence-electron chi connectivity index (χ2n) is 5.44. The molecule has 3 rings (SSSR count). The summed E-state index contributed by atoms with van der Waals surface area (Å²) in [4.78, 5) is 2.02. The van der Waals surface area contributed by atoms with Crippen molar-refractivity contribution in [1.29, 1.82) is 0 Å². The fourth-order valence-corrected chi connectivity index (χ4v) is 3.00. The summed E-state index contributed by atoms with van der Waals surface area (Å²) >= 11 is 3.13. The first-order valence-electron chi connectivity index (χ1n) is 6.79. The standard InChI is InChI=1S/C14H17BrF2N2/c15-11-6-14(13(17)7-12(11)16)19-5-1-2-10(8-19)18-9-3-4-9/h6-7,9-10,18H,1-5,8H2. The lowest BCUT2D eigenvalue weighted by atomic mass is 10.0. The Morgan fingerprint density at radius 1 is 1.11 bits per heavy atom. The molecule has 1 saturated heterocycles. The predicted molar refractivity (Wildman–Crippen MR) is 75.5 cm³/mol. The van der Waals surface area contributed by atoms with Crippen LogP contribution in [0.4, 0.5) is 14.5 Å². The Kier molecular flexibility index (Phi) is 3.76. The molecule has 1 saturated carbocycles. The first-order valence-corrected chi connectivity index (χ1v) is 7.58. The molecule has 1 heterocycles. The van der Waals surface area contributed by atoms with Crippen molar-refractivity contribution < 1.29 is 8.78 Å². The molecule has 1 aromatic carbocycles. The number of piperidine rings is 1. The fraction of sp³-hybridized carbons (Fsp3) is 0.571. The van der Waals surface area contributed by atoms with Crippen LogP contribution in [0.3, 0.4) is 0 Å². The highest BCUT2D eigenvalue weighted by atomic mass is 79.9. The minimum Gasteiger partial charge on any atom is -0.368 e. The second-order valence-corrected chi connectivity index (χ2v) is 6.30. The molecule has 1 aromatic rings. The molecule has 2 fully saturated rings. The van der Waals surface area contributed by atoms with Crippen LogP contribution in [0.1, 0.15) is 25.7 Å². The van der Waals surface area contributed by atoms with Gasteiger partial charge in [0.25, 0.3) is 0 Å².